The maximum atomic E-state index is 3.59. The van der Waals surface area contributed by atoms with E-state index in [0.29, 0.717) is 12.1 Å². The molecule has 0 amide bonds. The summed E-state index contributed by atoms with van der Waals surface area (Å²) in [6.45, 7) is 11.8. The summed E-state index contributed by atoms with van der Waals surface area (Å²) in [6, 6.07) is 1.35. The molecule has 2 heteroatoms. The number of nitrogens with one attached hydrogen (secondary N) is 1. The van der Waals surface area contributed by atoms with E-state index < -0.39 is 0 Å². The van der Waals surface area contributed by atoms with Gasteiger partial charge >= 0.3 is 0 Å². The van der Waals surface area contributed by atoms with Crippen LogP contribution in [0.2, 0.25) is 0 Å². The molecule has 0 heterocycles. The smallest absolute Gasteiger partial charge is 0.0220 e. The highest BCUT2D eigenvalue weighted by Crippen LogP contribution is 2.27. The zero-order valence-corrected chi connectivity index (χ0v) is 13.2. The molecule has 18 heavy (non-hydrogen) atoms. The largest absolute Gasteiger partial charge is 0.315 e. The summed E-state index contributed by atoms with van der Waals surface area (Å²) in [5, 5.41) is 3.59. The molecular weight excluding hydrogens is 220 g/mol. The molecule has 0 saturated heterocycles. The van der Waals surface area contributed by atoms with Gasteiger partial charge in [-0.1, -0.05) is 33.1 Å². The number of rotatable bonds is 7. The van der Waals surface area contributed by atoms with Gasteiger partial charge in [-0.25, -0.2) is 0 Å². The monoisotopic (exact) mass is 254 g/mol. The van der Waals surface area contributed by atoms with E-state index in [2.05, 4.69) is 45.0 Å². The van der Waals surface area contributed by atoms with E-state index in [-0.39, 0.29) is 0 Å². The van der Waals surface area contributed by atoms with Crippen LogP contribution < -0.4 is 5.32 Å². The first-order valence-corrected chi connectivity index (χ1v) is 7.96. The van der Waals surface area contributed by atoms with Gasteiger partial charge in [-0.2, -0.15) is 0 Å². The molecule has 1 saturated carbocycles. The Morgan fingerprint density at radius 3 is 2.06 bits per heavy atom. The summed E-state index contributed by atoms with van der Waals surface area (Å²) in [4.78, 5) is 2.65. The lowest BCUT2D eigenvalue weighted by atomic mass is 9.83. The third kappa shape index (κ3) is 5.27. The summed E-state index contributed by atoms with van der Waals surface area (Å²) in [5.41, 5.74) is 0. The minimum atomic E-state index is 0.659. The number of nitrogens with zero attached hydrogens (tertiary/aromatic N) is 1. The van der Waals surface area contributed by atoms with Gasteiger partial charge in [0, 0.05) is 25.2 Å². The summed E-state index contributed by atoms with van der Waals surface area (Å²) in [6.07, 6.45) is 7.19. The zero-order valence-electron chi connectivity index (χ0n) is 13.2. The highest BCUT2D eigenvalue weighted by molar-refractivity contribution is 4.82. The van der Waals surface area contributed by atoms with Gasteiger partial charge < -0.3 is 5.32 Å². The van der Waals surface area contributed by atoms with Crippen molar-refractivity contribution in [3.8, 4) is 0 Å². The van der Waals surface area contributed by atoms with Gasteiger partial charge in [-0.3, -0.25) is 4.90 Å². The Balaban J connectivity index is 2.52. The normalized spacial score (nSPS) is 20.0. The van der Waals surface area contributed by atoms with Gasteiger partial charge in [0.05, 0.1) is 0 Å². The SMILES string of the molecule is CNC(CN(CC(C)C)C(C)C)C1CCCCC1. The third-order valence-electron chi connectivity index (χ3n) is 4.35. The fraction of sp³-hybridized carbons (Fsp3) is 1.00. The number of hydrogen-bond donors (Lipinski definition) is 1. The lowest BCUT2D eigenvalue weighted by Crippen LogP contribution is -2.48. The highest BCUT2D eigenvalue weighted by atomic mass is 15.2. The van der Waals surface area contributed by atoms with E-state index in [1.165, 1.54) is 45.2 Å². The summed E-state index contributed by atoms with van der Waals surface area (Å²) < 4.78 is 0. The van der Waals surface area contributed by atoms with Crippen LogP contribution in [0.1, 0.15) is 59.8 Å². The Hall–Kier alpha value is -0.0800. The molecule has 0 radical (unpaired) electrons. The van der Waals surface area contributed by atoms with E-state index in [1.54, 1.807) is 0 Å². The Morgan fingerprint density at radius 1 is 1.00 bits per heavy atom. The summed E-state index contributed by atoms with van der Waals surface area (Å²) >= 11 is 0. The molecule has 1 unspecified atom stereocenters. The first-order valence-electron chi connectivity index (χ1n) is 7.96. The second-order valence-corrected chi connectivity index (χ2v) is 6.73. The van der Waals surface area contributed by atoms with Crippen LogP contribution >= 0.6 is 0 Å². The molecule has 2 nitrogen and oxygen atoms in total. The van der Waals surface area contributed by atoms with Crippen molar-refractivity contribution in [2.75, 3.05) is 20.1 Å². The molecule has 1 N–H and O–H groups in total. The Bertz CT molecular complexity index is 207. The Kier molecular flexibility index (Phi) is 7.25. The lowest BCUT2D eigenvalue weighted by Gasteiger charge is -2.36. The minimum Gasteiger partial charge on any atom is -0.315 e. The Labute approximate surface area is 115 Å². The van der Waals surface area contributed by atoms with Gasteiger partial charge in [-0.15, -0.1) is 0 Å². The van der Waals surface area contributed by atoms with E-state index in [9.17, 15) is 0 Å². The van der Waals surface area contributed by atoms with Crippen LogP contribution in [0.25, 0.3) is 0 Å². The highest BCUT2D eigenvalue weighted by Gasteiger charge is 2.25. The van der Waals surface area contributed by atoms with Crippen molar-refractivity contribution in [1.29, 1.82) is 0 Å². The maximum absolute atomic E-state index is 3.59. The third-order valence-corrected chi connectivity index (χ3v) is 4.35. The van der Waals surface area contributed by atoms with Crippen LogP contribution in [0.15, 0.2) is 0 Å². The van der Waals surface area contributed by atoms with Gasteiger partial charge in [0.25, 0.3) is 0 Å². The van der Waals surface area contributed by atoms with Crippen LogP contribution in [0.4, 0.5) is 0 Å². The quantitative estimate of drug-likeness (QED) is 0.748. The van der Waals surface area contributed by atoms with Gasteiger partial charge in [0.1, 0.15) is 0 Å². The van der Waals surface area contributed by atoms with Crippen LogP contribution in [0, 0.1) is 11.8 Å². The van der Waals surface area contributed by atoms with Gasteiger partial charge in [0.15, 0.2) is 0 Å². The number of likely N-dealkylation sites (N-methyl/N-ethyl adjacent to an activating group) is 1. The Morgan fingerprint density at radius 2 is 1.61 bits per heavy atom. The van der Waals surface area contributed by atoms with Crippen molar-refractivity contribution >= 4 is 0 Å². The predicted octanol–water partition coefficient (Wildman–Crippen LogP) is 3.52. The van der Waals surface area contributed by atoms with Crippen molar-refractivity contribution in [3.05, 3.63) is 0 Å². The van der Waals surface area contributed by atoms with Crippen LogP contribution in [0.5, 0.6) is 0 Å². The molecular formula is C16H34N2. The van der Waals surface area contributed by atoms with E-state index in [0.717, 1.165) is 11.8 Å². The standard InChI is InChI=1S/C16H34N2/c1-13(2)11-18(14(3)4)12-16(17-5)15-9-7-6-8-10-15/h13-17H,6-12H2,1-5H3. The van der Waals surface area contributed by atoms with E-state index >= 15 is 0 Å². The molecule has 1 aliphatic rings. The van der Waals surface area contributed by atoms with Gasteiger partial charge in [0.2, 0.25) is 0 Å². The molecule has 1 aliphatic carbocycles. The molecule has 108 valence electrons. The second kappa shape index (κ2) is 8.16. The second-order valence-electron chi connectivity index (χ2n) is 6.73. The molecule has 0 aromatic carbocycles. The molecule has 0 bridgehead atoms. The molecule has 1 rings (SSSR count). The van der Waals surface area contributed by atoms with Crippen molar-refractivity contribution in [2.45, 2.75) is 71.9 Å². The topological polar surface area (TPSA) is 15.3 Å². The number of hydrogen-bond acceptors (Lipinski definition) is 2. The van der Waals surface area contributed by atoms with Gasteiger partial charge in [-0.05, 0) is 45.6 Å². The average molecular weight is 254 g/mol. The van der Waals surface area contributed by atoms with Crippen molar-refractivity contribution in [1.82, 2.24) is 10.2 Å². The first-order chi connectivity index (χ1) is 8.54. The molecule has 0 spiro atoms. The van der Waals surface area contributed by atoms with Crippen molar-refractivity contribution in [3.63, 3.8) is 0 Å². The van der Waals surface area contributed by atoms with E-state index in [1.807, 2.05) is 0 Å². The van der Waals surface area contributed by atoms with Crippen molar-refractivity contribution in [2.24, 2.45) is 11.8 Å². The molecule has 1 atom stereocenters. The van der Waals surface area contributed by atoms with Crippen LogP contribution in [-0.4, -0.2) is 37.1 Å². The molecule has 0 aromatic heterocycles. The van der Waals surface area contributed by atoms with Crippen LogP contribution in [0.3, 0.4) is 0 Å². The maximum Gasteiger partial charge on any atom is 0.0220 e. The molecule has 0 aromatic rings. The first kappa shape index (κ1) is 16.0. The molecule has 1 fully saturated rings. The average Bonchev–Trinajstić information content (AvgIpc) is 2.34. The van der Waals surface area contributed by atoms with Crippen molar-refractivity contribution < 1.29 is 0 Å². The predicted molar refractivity (Wildman–Crippen MR) is 81.0 cm³/mol. The van der Waals surface area contributed by atoms with Crippen LogP contribution in [-0.2, 0) is 0 Å². The molecule has 0 aliphatic heterocycles. The summed E-state index contributed by atoms with van der Waals surface area (Å²) in [5.74, 6) is 1.66. The fourth-order valence-corrected chi connectivity index (χ4v) is 3.23. The lowest BCUT2D eigenvalue weighted by molar-refractivity contribution is 0.146. The summed E-state index contributed by atoms with van der Waals surface area (Å²) in [7, 11) is 2.15. The van der Waals surface area contributed by atoms with E-state index in [4.69, 9.17) is 0 Å². The minimum absolute atomic E-state index is 0.659. The zero-order chi connectivity index (χ0) is 13.5. The fourth-order valence-electron chi connectivity index (χ4n) is 3.23.